The van der Waals surface area contributed by atoms with E-state index in [2.05, 4.69) is 31.9 Å². The van der Waals surface area contributed by atoms with Crippen molar-refractivity contribution in [1.29, 1.82) is 0 Å². The first-order chi connectivity index (χ1) is 34.1. The molecule has 0 unspecified atom stereocenters. The molecule has 24 N–H and O–H groups in total. The molecule has 0 aromatic rings. The molecular formula is C42H80N6O24. The van der Waals surface area contributed by atoms with Crippen molar-refractivity contribution in [2.24, 2.45) is 10.8 Å². The topological polar surface area (TPSA) is 539 Å². The fourth-order valence-corrected chi connectivity index (χ4v) is 6.84. The highest BCUT2D eigenvalue weighted by atomic mass is 16.3. The first-order valence-electron chi connectivity index (χ1n) is 23.0. The summed E-state index contributed by atoms with van der Waals surface area (Å²) in [4.78, 5) is 85.4. The largest absolute Gasteiger partial charge is 0.394 e. The summed E-state index contributed by atoms with van der Waals surface area (Å²) in [6, 6.07) is 0. The average molecular weight is 1050 g/mol. The van der Waals surface area contributed by atoms with E-state index in [1.807, 2.05) is 0 Å². The lowest BCUT2D eigenvalue weighted by atomic mass is 9.76. The van der Waals surface area contributed by atoms with Crippen LogP contribution in [0, 0.1) is 10.8 Å². The van der Waals surface area contributed by atoms with Crippen molar-refractivity contribution in [3.05, 3.63) is 0 Å². The maximum absolute atomic E-state index is 14.2. The van der Waals surface area contributed by atoms with Gasteiger partial charge in [0.15, 0.2) is 0 Å². The van der Waals surface area contributed by atoms with Crippen LogP contribution in [0.3, 0.4) is 0 Å². The molecule has 30 nitrogen and oxygen atoms in total. The number of carbonyl (C=O) groups excluding carboxylic acids is 6. The van der Waals surface area contributed by atoms with E-state index >= 15 is 0 Å². The molecule has 72 heavy (non-hydrogen) atoms. The Morgan fingerprint density at radius 3 is 0.431 bits per heavy atom. The van der Waals surface area contributed by atoms with E-state index in [0.717, 1.165) is 0 Å². The highest BCUT2D eigenvalue weighted by Gasteiger charge is 2.58. The number of unbranched alkanes of at least 4 members (excludes halogenated alkanes) is 7. The first kappa shape index (κ1) is 68.1. The maximum atomic E-state index is 14.2. The van der Waals surface area contributed by atoms with Gasteiger partial charge in [0.05, 0.1) is 119 Å². The summed E-state index contributed by atoms with van der Waals surface area (Å²) >= 11 is 0. The van der Waals surface area contributed by atoms with E-state index in [9.17, 15) is 121 Å². The minimum Gasteiger partial charge on any atom is -0.394 e. The number of amides is 6. The summed E-state index contributed by atoms with van der Waals surface area (Å²) in [5, 5.41) is 192. The second-order valence-corrected chi connectivity index (χ2v) is 18.4. The third-order valence-electron chi connectivity index (χ3n) is 12.9. The molecule has 0 heterocycles. The molecule has 0 radical (unpaired) electrons. The molecule has 6 amide bonds. The number of nitrogens with one attached hydrogen (secondary N) is 6. The maximum Gasteiger partial charge on any atom is 0.246 e. The molecule has 0 aliphatic heterocycles. The zero-order valence-electron chi connectivity index (χ0n) is 40.3. The Morgan fingerprint density at radius 2 is 0.319 bits per heavy atom. The highest BCUT2D eigenvalue weighted by Crippen LogP contribution is 2.33. The zero-order valence-corrected chi connectivity index (χ0v) is 40.3. The van der Waals surface area contributed by atoms with E-state index in [1.54, 1.807) is 0 Å². The SMILES string of the molecule is O=C(NC(CO)(CO)CO)C(CCCCCCCCCCC(C(=O)NC(CO)(CO)CO)(C(=O)NC(CO)(CO)CO)C(=O)NC(CO)(CO)CO)(C(=O)NC(CO)(CO)CO)C(=O)NC(CO)(CO)CO. The smallest absolute Gasteiger partial charge is 0.246 e. The van der Waals surface area contributed by atoms with Crippen LogP contribution in [0.4, 0.5) is 0 Å². The number of aliphatic hydroxyl groups is 18. The summed E-state index contributed by atoms with van der Waals surface area (Å²) < 4.78 is 0. The molecule has 0 saturated carbocycles. The third-order valence-corrected chi connectivity index (χ3v) is 12.9. The predicted octanol–water partition coefficient (Wildman–Crippen LogP) is -12.1. The number of rotatable bonds is 41. The van der Waals surface area contributed by atoms with Gasteiger partial charge < -0.3 is 124 Å². The van der Waals surface area contributed by atoms with Crippen LogP contribution in [-0.2, 0) is 28.8 Å². The van der Waals surface area contributed by atoms with Crippen LogP contribution in [0.5, 0.6) is 0 Å². The molecule has 0 atom stereocenters. The molecule has 0 aliphatic carbocycles. The fraction of sp³-hybridized carbons (Fsp3) is 0.857. The summed E-state index contributed by atoms with van der Waals surface area (Å²) in [5.41, 5.74) is -19.8. The van der Waals surface area contributed by atoms with Crippen molar-refractivity contribution in [2.75, 3.05) is 119 Å². The Balaban J connectivity index is 6.91. The Labute approximate surface area is 414 Å². The van der Waals surface area contributed by atoms with E-state index in [4.69, 9.17) is 0 Å². The molecule has 0 aromatic heterocycles. The monoisotopic (exact) mass is 1050 g/mol. The van der Waals surface area contributed by atoms with Gasteiger partial charge in [0, 0.05) is 0 Å². The summed E-state index contributed by atoms with van der Waals surface area (Å²) in [6.07, 6.45) is -0.518. The van der Waals surface area contributed by atoms with E-state index < -0.39 is 211 Å². The van der Waals surface area contributed by atoms with Gasteiger partial charge in [-0.05, 0) is 12.8 Å². The van der Waals surface area contributed by atoms with Gasteiger partial charge in [0.2, 0.25) is 46.3 Å². The average Bonchev–Trinajstić information content (AvgIpc) is 3.41. The van der Waals surface area contributed by atoms with Crippen LogP contribution in [0.25, 0.3) is 0 Å². The van der Waals surface area contributed by atoms with Gasteiger partial charge in [-0.25, -0.2) is 0 Å². The van der Waals surface area contributed by atoms with Crippen molar-refractivity contribution in [3.8, 4) is 0 Å². The summed E-state index contributed by atoms with van der Waals surface area (Å²) in [5.74, 6) is -9.55. The second kappa shape index (κ2) is 31.7. The van der Waals surface area contributed by atoms with Gasteiger partial charge in [-0.2, -0.15) is 0 Å². The zero-order chi connectivity index (χ0) is 55.5. The highest BCUT2D eigenvalue weighted by molar-refractivity contribution is 6.23. The van der Waals surface area contributed by atoms with E-state index in [-0.39, 0.29) is 38.5 Å². The lowest BCUT2D eigenvalue weighted by Gasteiger charge is -2.40. The van der Waals surface area contributed by atoms with Crippen LogP contribution >= 0.6 is 0 Å². The fourth-order valence-electron chi connectivity index (χ4n) is 6.84. The van der Waals surface area contributed by atoms with E-state index in [1.165, 1.54) is 0 Å². The molecule has 0 saturated heterocycles. The van der Waals surface area contributed by atoms with Crippen molar-refractivity contribution >= 4 is 35.4 Å². The Bertz CT molecular complexity index is 1320. The molecule has 0 bridgehead atoms. The van der Waals surface area contributed by atoms with Crippen molar-refractivity contribution in [1.82, 2.24) is 31.9 Å². The Kier molecular flexibility index (Phi) is 30.0. The van der Waals surface area contributed by atoms with Crippen molar-refractivity contribution in [2.45, 2.75) is 97.4 Å². The normalized spacial score (nSPS) is 13.1. The van der Waals surface area contributed by atoms with Crippen LogP contribution in [0.15, 0.2) is 0 Å². The molecule has 0 spiro atoms. The van der Waals surface area contributed by atoms with Gasteiger partial charge in [-0.15, -0.1) is 0 Å². The quantitative estimate of drug-likeness (QED) is 0.0200. The van der Waals surface area contributed by atoms with Gasteiger partial charge >= 0.3 is 0 Å². The van der Waals surface area contributed by atoms with Gasteiger partial charge in [0.25, 0.3) is 0 Å². The minimum absolute atomic E-state index is 0.105. The number of hydrogen-bond donors (Lipinski definition) is 24. The van der Waals surface area contributed by atoms with Crippen molar-refractivity contribution in [3.63, 3.8) is 0 Å². The van der Waals surface area contributed by atoms with Crippen LogP contribution in [0.2, 0.25) is 0 Å². The molecule has 0 aromatic carbocycles. The molecular weight excluding hydrogens is 972 g/mol. The predicted molar refractivity (Wildman–Crippen MR) is 244 cm³/mol. The minimum atomic E-state index is -3.08. The summed E-state index contributed by atoms with van der Waals surface area (Å²) in [7, 11) is 0. The second-order valence-electron chi connectivity index (χ2n) is 18.4. The third kappa shape index (κ3) is 16.3. The Hall–Kier alpha value is -3.90. The van der Waals surface area contributed by atoms with Crippen LogP contribution < -0.4 is 31.9 Å². The number of aliphatic hydroxyl groups excluding tert-OH is 18. The lowest BCUT2D eigenvalue weighted by Crippen LogP contribution is -2.71. The molecule has 30 heteroatoms. The van der Waals surface area contributed by atoms with Crippen LogP contribution in [-0.4, -0.2) is 280 Å². The van der Waals surface area contributed by atoms with E-state index in [0.29, 0.717) is 12.8 Å². The lowest BCUT2D eigenvalue weighted by molar-refractivity contribution is -0.160. The molecule has 422 valence electrons. The van der Waals surface area contributed by atoms with Gasteiger partial charge in [-0.3, -0.25) is 28.8 Å². The molecule has 0 fully saturated rings. The van der Waals surface area contributed by atoms with Crippen LogP contribution in [0.1, 0.15) is 64.2 Å². The first-order valence-corrected chi connectivity index (χ1v) is 23.0. The van der Waals surface area contributed by atoms with Crippen molar-refractivity contribution < 1.29 is 121 Å². The summed E-state index contributed by atoms with van der Waals surface area (Å²) in [6.45, 7) is -20.6. The number of carbonyl (C=O) groups is 6. The number of hydrogen-bond acceptors (Lipinski definition) is 24. The molecule has 0 rings (SSSR count). The molecule has 0 aliphatic rings. The Morgan fingerprint density at radius 1 is 0.208 bits per heavy atom. The van der Waals surface area contributed by atoms with Gasteiger partial charge in [-0.1, -0.05) is 51.4 Å². The standard InChI is InChI=1S/C42H80N6O24/c49-11-35(12-50,13-51)43-29(67)41(30(68)44-36(14-52,15-53)16-54,31(69)45-37(17-55,18-56)19-57)9-7-5-3-1-2-4-6-8-10-42(32(70)46-38(20-58,21-59)22-60,33(71)47-39(23-61,24-62)25-63)34(72)48-40(26-64,27-65)28-66/h49-66H,1-28H2,(H,43,67)(H,44,68)(H,45,69)(H,46,70)(H,47,71)(H,48,72). The van der Waals surface area contributed by atoms with Gasteiger partial charge in [0.1, 0.15) is 33.2 Å².